The molecule has 2 N–H and O–H groups in total. The van der Waals surface area contributed by atoms with Crippen molar-refractivity contribution in [1.82, 2.24) is 19.4 Å². The molecular formula is C22H29FN4O4S. The highest BCUT2D eigenvalue weighted by molar-refractivity contribution is 7.99. The van der Waals surface area contributed by atoms with Gasteiger partial charge in [-0.05, 0) is 63.0 Å². The predicted octanol–water partition coefficient (Wildman–Crippen LogP) is 2.14. The van der Waals surface area contributed by atoms with E-state index in [9.17, 15) is 23.9 Å². The van der Waals surface area contributed by atoms with Gasteiger partial charge in [-0.25, -0.2) is 14.2 Å². The first-order valence-electron chi connectivity index (χ1n) is 11.2. The average molecular weight is 465 g/mol. The van der Waals surface area contributed by atoms with E-state index in [0.29, 0.717) is 25.7 Å². The number of rotatable bonds is 5. The van der Waals surface area contributed by atoms with Crippen LogP contribution in [0.5, 0.6) is 0 Å². The first-order chi connectivity index (χ1) is 15.3. The molecule has 0 spiro atoms. The Morgan fingerprint density at radius 2 is 1.84 bits per heavy atom. The van der Waals surface area contributed by atoms with Crippen LogP contribution < -0.4 is 16.6 Å². The molecule has 32 heavy (non-hydrogen) atoms. The molecule has 0 aromatic carbocycles. The number of aliphatic hydroxyl groups is 1. The number of thioether (sulfide) groups is 1. The predicted molar refractivity (Wildman–Crippen MR) is 122 cm³/mol. The molecule has 0 bridgehead atoms. The molecule has 1 aliphatic carbocycles. The van der Waals surface area contributed by atoms with Crippen molar-refractivity contribution in [3.63, 3.8) is 0 Å². The molecule has 3 heterocycles. The standard InChI is InChI=1S/C22H29FN4O4S/c1-13(28)10-19(29)25-15-2-4-16(5-3-15)27-21(30)18-11-14(23)12-24-20(18)26(22(27)31)17-6-8-32-9-7-17/h11-13,15-17,28H,2-10H2,1H3,(H,25,29)/t13?,15-,16+. The van der Waals surface area contributed by atoms with Gasteiger partial charge in [0.1, 0.15) is 11.5 Å². The zero-order chi connectivity index (χ0) is 22.8. The number of fused-ring (bicyclic) bond motifs is 1. The summed E-state index contributed by atoms with van der Waals surface area (Å²) in [7, 11) is 0. The van der Waals surface area contributed by atoms with Crippen LogP contribution in [0.25, 0.3) is 11.0 Å². The molecule has 4 rings (SSSR count). The fourth-order valence-electron chi connectivity index (χ4n) is 4.83. The van der Waals surface area contributed by atoms with Gasteiger partial charge >= 0.3 is 5.69 Å². The second-order valence-electron chi connectivity index (χ2n) is 8.82. The van der Waals surface area contributed by atoms with E-state index in [4.69, 9.17) is 0 Å². The molecule has 2 aliphatic rings. The molecule has 2 aromatic heterocycles. The van der Waals surface area contributed by atoms with Crippen molar-refractivity contribution in [3.8, 4) is 0 Å². The summed E-state index contributed by atoms with van der Waals surface area (Å²) in [4.78, 5) is 42.9. The van der Waals surface area contributed by atoms with Crippen molar-refractivity contribution < 1.29 is 14.3 Å². The Morgan fingerprint density at radius 1 is 1.19 bits per heavy atom. The van der Waals surface area contributed by atoms with E-state index in [0.717, 1.165) is 30.5 Å². The number of pyridine rings is 1. The Labute approximate surface area is 189 Å². The Bertz CT molecular complexity index is 1100. The Kier molecular flexibility index (Phi) is 6.99. The van der Waals surface area contributed by atoms with Crippen molar-refractivity contribution in [2.75, 3.05) is 11.5 Å². The molecule has 1 saturated carbocycles. The van der Waals surface area contributed by atoms with E-state index in [2.05, 4.69) is 10.3 Å². The van der Waals surface area contributed by atoms with Gasteiger partial charge in [-0.2, -0.15) is 11.8 Å². The number of hydrogen-bond acceptors (Lipinski definition) is 6. The molecule has 8 nitrogen and oxygen atoms in total. The monoisotopic (exact) mass is 464 g/mol. The van der Waals surface area contributed by atoms with Crippen LogP contribution in [0.15, 0.2) is 21.9 Å². The van der Waals surface area contributed by atoms with Crippen LogP contribution in [-0.2, 0) is 4.79 Å². The zero-order valence-corrected chi connectivity index (χ0v) is 18.9. The number of halogens is 1. The molecular weight excluding hydrogens is 435 g/mol. The number of aliphatic hydroxyl groups excluding tert-OH is 1. The third-order valence-electron chi connectivity index (χ3n) is 6.39. The lowest BCUT2D eigenvalue weighted by atomic mass is 9.90. The number of nitrogens with zero attached hydrogens (tertiary/aromatic N) is 3. The van der Waals surface area contributed by atoms with Gasteiger partial charge in [0.05, 0.1) is 24.1 Å². The third kappa shape index (κ3) is 4.76. The van der Waals surface area contributed by atoms with Crippen molar-refractivity contribution >= 4 is 28.7 Å². The van der Waals surface area contributed by atoms with Crippen molar-refractivity contribution in [2.24, 2.45) is 0 Å². The van der Waals surface area contributed by atoms with Gasteiger partial charge in [0.25, 0.3) is 5.56 Å². The number of hydrogen-bond donors (Lipinski definition) is 2. The number of aromatic nitrogens is 3. The number of nitrogens with one attached hydrogen (secondary N) is 1. The normalized spacial score (nSPS) is 23.2. The average Bonchev–Trinajstić information content (AvgIpc) is 2.76. The van der Waals surface area contributed by atoms with Gasteiger partial charge in [-0.3, -0.25) is 18.7 Å². The van der Waals surface area contributed by atoms with E-state index in [1.165, 1.54) is 10.6 Å². The molecule has 1 saturated heterocycles. The molecule has 2 aromatic rings. The maximum atomic E-state index is 14.0. The van der Waals surface area contributed by atoms with Crippen LogP contribution in [0.4, 0.5) is 4.39 Å². The fraction of sp³-hybridized carbons (Fsp3) is 0.636. The first-order valence-corrected chi connectivity index (χ1v) is 12.4. The van der Waals surface area contributed by atoms with E-state index in [-0.39, 0.29) is 47.2 Å². The molecule has 2 fully saturated rings. The second kappa shape index (κ2) is 9.74. The van der Waals surface area contributed by atoms with Gasteiger partial charge in [-0.1, -0.05) is 0 Å². The maximum Gasteiger partial charge on any atom is 0.333 e. The first kappa shape index (κ1) is 23.0. The second-order valence-corrected chi connectivity index (χ2v) is 10.0. The minimum absolute atomic E-state index is 0.0486. The van der Waals surface area contributed by atoms with Crippen LogP contribution >= 0.6 is 11.8 Å². The number of carbonyl (C=O) groups excluding carboxylic acids is 1. The Morgan fingerprint density at radius 3 is 2.50 bits per heavy atom. The highest BCUT2D eigenvalue weighted by Gasteiger charge is 2.29. The molecule has 174 valence electrons. The zero-order valence-electron chi connectivity index (χ0n) is 18.1. The molecule has 0 radical (unpaired) electrons. The Hall–Kier alpha value is -2.20. The summed E-state index contributed by atoms with van der Waals surface area (Å²) in [5.41, 5.74) is -0.617. The smallest absolute Gasteiger partial charge is 0.333 e. The quantitative estimate of drug-likeness (QED) is 0.702. The molecule has 1 amide bonds. The van der Waals surface area contributed by atoms with Gasteiger partial charge < -0.3 is 10.4 Å². The van der Waals surface area contributed by atoms with Crippen molar-refractivity contribution in [2.45, 2.75) is 76.1 Å². The van der Waals surface area contributed by atoms with Crippen LogP contribution in [-0.4, -0.2) is 48.8 Å². The topological polar surface area (TPSA) is 106 Å². The van der Waals surface area contributed by atoms with Crippen LogP contribution in [0.1, 0.15) is 64.0 Å². The largest absolute Gasteiger partial charge is 0.393 e. The number of amides is 1. The maximum absolute atomic E-state index is 14.0. The third-order valence-corrected chi connectivity index (χ3v) is 7.44. The summed E-state index contributed by atoms with van der Waals surface area (Å²) in [5.74, 6) is 1.05. The van der Waals surface area contributed by atoms with Gasteiger partial charge in [0.15, 0.2) is 0 Å². The van der Waals surface area contributed by atoms with Gasteiger partial charge in [0, 0.05) is 18.1 Å². The van der Waals surface area contributed by atoms with Crippen molar-refractivity contribution in [3.05, 3.63) is 38.9 Å². The molecule has 1 unspecified atom stereocenters. The number of carbonyl (C=O) groups is 1. The lowest BCUT2D eigenvalue weighted by Gasteiger charge is -2.31. The van der Waals surface area contributed by atoms with Crippen LogP contribution in [0.2, 0.25) is 0 Å². The van der Waals surface area contributed by atoms with Crippen molar-refractivity contribution in [1.29, 1.82) is 0 Å². The molecule has 1 atom stereocenters. The van der Waals surface area contributed by atoms with E-state index < -0.39 is 17.5 Å². The van der Waals surface area contributed by atoms with E-state index in [1.807, 2.05) is 11.8 Å². The van der Waals surface area contributed by atoms with E-state index >= 15 is 0 Å². The van der Waals surface area contributed by atoms with Gasteiger partial charge in [0.2, 0.25) is 5.91 Å². The van der Waals surface area contributed by atoms with E-state index in [1.54, 1.807) is 11.5 Å². The fourth-order valence-corrected chi connectivity index (χ4v) is 5.91. The molecule has 10 heteroatoms. The SMILES string of the molecule is CC(O)CC(=O)N[C@H]1CC[C@@H](n2c(=O)c3cc(F)cnc3n(C3CCSCC3)c2=O)CC1. The molecule has 1 aliphatic heterocycles. The van der Waals surface area contributed by atoms with Crippen LogP contribution in [0.3, 0.4) is 0 Å². The highest BCUT2D eigenvalue weighted by atomic mass is 32.2. The summed E-state index contributed by atoms with van der Waals surface area (Å²) >= 11 is 1.84. The van der Waals surface area contributed by atoms with Crippen LogP contribution in [0, 0.1) is 5.82 Å². The summed E-state index contributed by atoms with van der Waals surface area (Å²) < 4.78 is 16.9. The highest BCUT2D eigenvalue weighted by Crippen LogP contribution is 2.30. The minimum Gasteiger partial charge on any atom is -0.393 e. The Balaban J connectivity index is 1.65. The summed E-state index contributed by atoms with van der Waals surface area (Å²) in [6.45, 7) is 1.57. The minimum atomic E-state index is -0.701. The van der Waals surface area contributed by atoms with Gasteiger partial charge in [-0.15, -0.1) is 0 Å². The summed E-state index contributed by atoms with van der Waals surface area (Å²) in [6, 6.07) is 0.755. The summed E-state index contributed by atoms with van der Waals surface area (Å²) in [6.07, 6.45) is 4.38. The lowest BCUT2D eigenvalue weighted by molar-refractivity contribution is -0.123. The summed E-state index contributed by atoms with van der Waals surface area (Å²) in [5, 5.41) is 12.4. The lowest BCUT2D eigenvalue weighted by Crippen LogP contribution is -2.46.